The van der Waals surface area contributed by atoms with Crippen molar-refractivity contribution in [3.63, 3.8) is 0 Å². The number of halogens is 2. The lowest BCUT2D eigenvalue weighted by Gasteiger charge is -2.26. The number of nitrogens with one attached hydrogen (secondary N) is 1. The van der Waals surface area contributed by atoms with E-state index in [9.17, 15) is 9.18 Å². The van der Waals surface area contributed by atoms with Gasteiger partial charge in [0.25, 0.3) is 5.91 Å². The van der Waals surface area contributed by atoms with Gasteiger partial charge < -0.3 is 10.1 Å². The second kappa shape index (κ2) is 2.72. The van der Waals surface area contributed by atoms with Crippen LogP contribution in [-0.4, -0.2) is 11.5 Å². The first-order chi connectivity index (χ1) is 7.11. The van der Waals surface area contributed by atoms with Gasteiger partial charge in [0.1, 0.15) is 5.82 Å². The smallest absolute Gasteiger partial charge is 0.268 e. The zero-order valence-electron chi connectivity index (χ0n) is 7.64. The molecule has 0 bridgehead atoms. The summed E-state index contributed by atoms with van der Waals surface area (Å²) in [7, 11) is 0. The van der Waals surface area contributed by atoms with E-state index < -0.39 is 11.4 Å². The maximum absolute atomic E-state index is 13.1. The minimum Gasteiger partial charge on any atom is -0.474 e. The van der Waals surface area contributed by atoms with Crippen molar-refractivity contribution in [2.24, 2.45) is 0 Å². The van der Waals surface area contributed by atoms with Crippen LogP contribution in [-0.2, 0) is 4.79 Å². The van der Waals surface area contributed by atoms with Crippen LogP contribution in [0.4, 0.5) is 10.1 Å². The van der Waals surface area contributed by atoms with Gasteiger partial charge in [0, 0.05) is 18.9 Å². The van der Waals surface area contributed by atoms with Gasteiger partial charge in [-0.05, 0) is 22.0 Å². The fraction of sp³-hybridized carbons (Fsp3) is 0.300. The fourth-order valence-corrected chi connectivity index (χ4v) is 2.19. The van der Waals surface area contributed by atoms with E-state index in [4.69, 9.17) is 4.74 Å². The van der Waals surface area contributed by atoms with Crippen molar-refractivity contribution < 1.29 is 13.9 Å². The molecule has 1 aliphatic carbocycles. The van der Waals surface area contributed by atoms with Crippen LogP contribution >= 0.6 is 15.9 Å². The molecule has 1 spiro atoms. The predicted molar refractivity (Wildman–Crippen MR) is 55.3 cm³/mol. The van der Waals surface area contributed by atoms with Crippen LogP contribution in [0.5, 0.6) is 5.75 Å². The Labute approximate surface area is 93.7 Å². The molecule has 0 radical (unpaired) electrons. The number of anilines is 1. The Hall–Kier alpha value is -1.10. The lowest BCUT2D eigenvalue weighted by Crippen LogP contribution is -2.39. The first-order valence-electron chi connectivity index (χ1n) is 4.60. The topological polar surface area (TPSA) is 38.3 Å². The predicted octanol–water partition coefficient (Wildman–Crippen LogP) is 2.45. The molecule has 0 unspecified atom stereocenters. The van der Waals surface area contributed by atoms with Gasteiger partial charge in [0.15, 0.2) is 11.4 Å². The number of carbonyl (C=O) groups is 1. The number of benzene rings is 1. The van der Waals surface area contributed by atoms with Crippen LogP contribution in [0.3, 0.4) is 0 Å². The number of amides is 1. The SMILES string of the molecule is O=C1Nc2cc(F)cc(Br)c2OC12CC2. The minimum absolute atomic E-state index is 0.174. The Morgan fingerprint density at radius 2 is 2.20 bits per heavy atom. The third-order valence-corrected chi connectivity index (χ3v) is 3.26. The Bertz CT molecular complexity index is 471. The number of hydrogen-bond donors (Lipinski definition) is 1. The van der Waals surface area contributed by atoms with Gasteiger partial charge in [-0.15, -0.1) is 0 Å². The number of ether oxygens (including phenoxy) is 1. The molecule has 3 nitrogen and oxygen atoms in total. The Balaban J connectivity index is 2.12. The first kappa shape index (κ1) is 9.15. The lowest BCUT2D eigenvalue weighted by atomic mass is 10.2. The van der Waals surface area contributed by atoms with Crippen molar-refractivity contribution in [2.45, 2.75) is 18.4 Å². The van der Waals surface area contributed by atoms with E-state index in [2.05, 4.69) is 21.2 Å². The van der Waals surface area contributed by atoms with Crippen LogP contribution in [0.2, 0.25) is 0 Å². The summed E-state index contributed by atoms with van der Waals surface area (Å²) in [5.74, 6) is -0.0581. The molecule has 1 fully saturated rings. The minimum atomic E-state index is -0.687. The summed E-state index contributed by atoms with van der Waals surface area (Å²) in [5, 5.41) is 2.66. The van der Waals surface area contributed by atoms with Gasteiger partial charge in [0.2, 0.25) is 0 Å². The van der Waals surface area contributed by atoms with E-state index in [0.29, 0.717) is 15.9 Å². The monoisotopic (exact) mass is 271 g/mol. The third kappa shape index (κ3) is 1.26. The molecule has 1 saturated carbocycles. The molecule has 0 saturated heterocycles. The Morgan fingerprint density at radius 3 is 2.87 bits per heavy atom. The molecule has 15 heavy (non-hydrogen) atoms. The van der Waals surface area contributed by atoms with Crippen molar-refractivity contribution in [3.8, 4) is 5.75 Å². The maximum atomic E-state index is 13.1. The van der Waals surface area contributed by atoms with Gasteiger partial charge in [-0.25, -0.2) is 4.39 Å². The van der Waals surface area contributed by atoms with Crippen LogP contribution in [0.25, 0.3) is 0 Å². The number of fused-ring (bicyclic) bond motifs is 1. The summed E-state index contributed by atoms with van der Waals surface area (Å²) < 4.78 is 19.2. The summed E-state index contributed by atoms with van der Waals surface area (Å²) in [4.78, 5) is 11.6. The molecular formula is C10H7BrFNO2. The fourth-order valence-electron chi connectivity index (χ4n) is 1.68. The summed E-state index contributed by atoms with van der Waals surface area (Å²) >= 11 is 3.22. The second-order valence-corrected chi connectivity index (χ2v) is 4.67. The molecule has 2 aliphatic rings. The highest BCUT2D eigenvalue weighted by molar-refractivity contribution is 9.10. The van der Waals surface area contributed by atoms with Crippen LogP contribution in [0.1, 0.15) is 12.8 Å². The first-order valence-corrected chi connectivity index (χ1v) is 5.40. The molecular weight excluding hydrogens is 265 g/mol. The van der Waals surface area contributed by atoms with Gasteiger partial charge in [-0.1, -0.05) is 0 Å². The van der Waals surface area contributed by atoms with Gasteiger partial charge in [-0.2, -0.15) is 0 Å². The average molecular weight is 272 g/mol. The summed E-state index contributed by atoms with van der Waals surface area (Å²) in [6.07, 6.45) is 1.45. The second-order valence-electron chi connectivity index (χ2n) is 3.81. The number of carbonyl (C=O) groups excluding carboxylic acids is 1. The van der Waals surface area contributed by atoms with Crippen molar-refractivity contribution in [2.75, 3.05) is 5.32 Å². The largest absolute Gasteiger partial charge is 0.474 e. The van der Waals surface area contributed by atoms with E-state index in [1.54, 1.807) is 0 Å². The zero-order chi connectivity index (χ0) is 10.6. The van der Waals surface area contributed by atoms with E-state index in [1.807, 2.05) is 0 Å². The van der Waals surface area contributed by atoms with Crippen molar-refractivity contribution in [3.05, 3.63) is 22.4 Å². The molecule has 1 aliphatic heterocycles. The molecule has 0 aromatic heterocycles. The summed E-state index contributed by atoms with van der Waals surface area (Å²) in [6, 6.07) is 2.58. The summed E-state index contributed by atoms with van der Waals surface area (Å²) in [6.45, 7) is 0. The standard InChI is InChI=1S/C10H7BrFNO2/c11-6-3-5(12)4-7-8(6)15-10(1-2-10)9(14)13-7/h3-4H,1-2H2,(H,13,14). The lowest BCUT2D eigenvalue weighted by molar-refractivity contribution is -0.125. The summed E-state index contributed by atoms with van der Waals surface area (Å²) in [5.41, 5.74) is -0.294. The molecule has 1 amide bonds. The highest BCUT2D eigenvalue weighted by Gasteiger charge is 2.55. The maximum Gasteiger partial charge on any atom is 0.268 e. The van der Waals surface area contributed by atoms with Gasteiger partial charge in [0.05, 0.1) is 10.2 Å². The molecule has 0 atom stereocenters. The average Bonchev–Trinajstić information content (AvgIpc) is 2.90. The van der Waals surface area contributed by atoms with Crippen LogP contribution in [0, 0.1) is 5.82 Å². The van der Waals surface area contributed by atoms with Gasteiger partial charge in [-0.3, -0.25) is 4.79 Å². The normalized spacial score (nSPS) is 20.5. The highest BCUT2D eigenvalue weighted by atomic mass is 79.9. The molecule has 5 heteroatoms. The number of hydrogen-bond acceptors (Lipinski definition) is 2. The Morgan fingerprint density at radius 1 is 1.47 bits per heavy atom. The molecule has 3 rings (SSSR count). The van der Waals surface area contributed by atoms with E-state index >= 15 is 0 Å². The van der Waals surface area contributed by atoms with Crippen molar-refractivity contribution in [1.82, 2.24) is 0 Å². The highest BCUT2D eigenvalue weighted by Crippen LogP contribution is 2.49. The molecule has 1 aromatic rings. The quantitative estimate of drug-likeness (QED) is 0.787. The molecule has 78 valence electrons. The van der Waals surface area contributed by atoms with E-state index in [-0.39, 0.29) is 5.91 Å². The third-order valence-electron chi connectivity index (χ3n) is 2.67. The molecule has 1 heterocycles. The Kier molecular flexibility index (Phi) is 1.66. The van der Waals surface area contributed by atoms with Crippen molar-refractivity contribution in [1.29, 1.82) is 0 Å². The van der Waals surface area contributed by atoms with Crippen LogP contribution in [0.15, 0.2) is 16.6 Å². The molecule has 1 aromatic carbocycles. The van der Waals surface area contributed by atoms with Crippen molar-refractivity contribution >= 4 is 27.5 Å². The molecule has 1 N–H and O–H groups in total. The van der Waals surface area contributed by atoms with Crippen LogP contribution < -0.4 is 10.1 Å². The van der Waals surface area contributed by atoms with Gasteiger partial charge >= 0.3 is 0 Å². The van der Waals surface area contributed by atoms with E-state index in [0.717, 1.165) is 12.8 Å². The number of rotatable bonds is 0. The zero-order valence-corrected chi connectivity index (χ0v) is 9.23. The van der Waals surface area contributed by atoms with E-state index in [1.165, 1.54) is 12.1 Å².